The van der Waals surface area contributed by atoms with Gasteiger partial charge in [0.1, 0.15) is 17.7 Å². The van der Waals surface area contributed by atoms with Crippen molar-refractivity contribution in [3.63, 3.8) is 0 Å². The molecule has 1 unspecified atom stereocenters. The first-order chi connectivity index (χ1) is 14.7. The molecule has 2 aromatic carbocycles. The summed E-state index contributed by atoms with van der Waals surface area (Å²) >= 11 is 0. The molecule has 4 N–H and O–H groups in total. The highest BCUT2D eigenvalue weighted by Gasteiger charge is 2.14. The number of anilines is 2. The SMILES string of the molecule is Cn1c(Nc2ccc(C(C)(C)C)cc2)nc2cc(Oc3ccnc(C(N)O)c3)ccc21. The van der Waals surface area contributed by atoms with Crippen molar-refractivity contribution >= 4 is 22.7 Å². The molecule has 7 nitrogen and oxygen atoms in total. The number of ether oxygens (including phenoxy) is 1. The van der Waals surface area contributed by atoms with Crippen molar-refractivity contribution in [1.82, 2.24) is 14.5 Å². The van der Waals surface area contributed by atoms with Crippen molar-refractivity contribution in [2.24, 2.45) is 12.8 Å². The zero-order valence-corrected chi connectivity index (χ0v) is 18.1. The fraction of sp³-hybridized carbons (Fsp3) is 0.250. The molecule has 4 rings (SSSR count). The number of benzene rings is 2. The predicted molar refractivity (Wildman–Crippen MR) is 123 cm³/mol. The normalized spacial score (nSPS) is 12.7. The molecule has 31 heavy (non-hydrogen) atoms. The van der Waals surface area contributed by atoms with Gasteiger partial charge in [0.2, 0.25) is 5.95 Å². The van der Waals surface area contributed by atoms with Gasteiger partial charge in [0.15, 0.2) is 0 Å². The monoisotopic (exact) mass is 417 g/mol. The highest BCUT2D eigenvalue weighted by molar-refractivity contribution is 5.81. The molecule has 1 atom stereocenters. The minimum absolute atomic E-state index is 0.116. The van der Waals surface area contributed by atoms with Gasteiger partial charge >= 0.3 is 0 Å². The number of hydrogen-bond acceptors (Lipinski definition) is 6. The van der Waals surface area contributed by atoms with E-state index >= 15 is 0 Å². The van der Waals surface area contributed by atoms with Crippen LogP contribution in [0.2, 0.25) is 0 Å². The van der Waals surface area contributed by atoms with Crippen molar-refractivity contribution < 1.29 is 9.84 Å². The first kappa shape index (κ1) is 20.8. The number of hydrogen-bond donors (Lipinski definition) is 3. The Bertz CT molecular complexity index is 1210. The minimum atomic E-state index is -1.15. The van der Waals surface area contributed by atoms with Crippen LogP contribution < -0.4 is 15.8 Å². The summed E-state index contributed by atoms with van der Waals surface area (Å²) in [6.45, 7) is 6.60. The number of pyridine rings is 1. The Morgan fingerprint density at radius 2 is 1.74 bits per heavy atom. The van der Waals surface area contributed by atoms with Crippen LogP contribution in [0.1, 0.15) is 38.3 Å². The second kappa shape index (κ2) is 8.02. The second-order valence-electron chi connectivity index (χ2n) is 8.56. The van der Waals surface area contributed by atoms with Gasteiger partial charge in [-0.2, -0.15) is 0 Å². The molecule has 160 valence electrons. The molecule has 0 spiro atoms. The van der Waals surface area contributed by atoms with E-state index in [0.29, 0.717) is 17.2 Å². The van der Waals surface area contributed by atoms with Crippen LogP contribution in [-0.4, -0.2) is 19.6 Å². The molecular weight excluding hydrogens is 390 g/mol. The zero-order chi connectivity index (χ0) is 22.2. The van der Waals surface area contributed by atoms with Crippen LogP contribution in [0.4, 0.5) is 11.6 Å². The molecule has 0 bridgehead atoms. The largest absolute Gasteiger partial charge is 0.457 e. The number of nitrogens with two attached hydrogens (primary N) is 1. The van der Waals surface area contributed by atoms with Gasteiger partial charge in [0.05, 0.1) is 16.7 Å². The van der Waals surface area contributed by atoms with Gasteiger partial charge in [0.25, 0.3) is 0 Å². The zero-order valence-electron chi connectivity index (χ0n) is 18.1. The molecular formula is C24H27N5O2. The van der Waals surface area contributed by atoms with Crippen LogP contribution >= 0.6 is 0 Å². The molecule has 0 fully saturated rings. The summed E-state index contributed by atoms with van der Waals surface area (Å²) < 4.78 is 7.92. The number of aromatic nitrogens is 3. The van der Waals surface area contributed by atoms with Crippen molar-refractivity contribution in [2.45, 2.75) is 32.4 Å². The Morgan fingerprint density at radius 3 is 2.42 bits per heavy atom. The van der Waals surface area contributed by atoms with Crippen molar-refractivity contribution in [1.29, 1.82) is 0 Å². The summed E-state index contributed by atoms with van der Waals surface area (Å²) in [5, 5.41) is 12.9. The maximum Gasteiger partial charge on any atom is 0.208 e. The standard InChI is InChI=1S/C24H27N5O2/c1-24(2,3)15-5-7-16(8-6-15)27-23-28-19-13-17(9-10-21(19)29(23)4)31-18-11-12-26-20(14-18)22(25)30/h5-14,22,30H,25H2,1-4H3,(H,27,28). The molecule has 0 saturated carbocycles. The van der Waals surface area contributed by atoms with E-state index < -0.39 is 6.23 Å². The molecule has 0 aliphatic carbocycles. The number of nitrogens with zero attached hydrogens (tertiary/aromatic N) is 3. The quantitative estimate of drug-likeness (QED) is 0.405. The average molecular weight is 418 g/mol. The minimum Gasteiger partial charge on any atom is -0.457 e. The number of imidazole rings is 1. The van der Waals surface area contributed by atoms with Gasteiger partial charge in [-0.25, -0.2) is 4.98 Å². The Morgan fingerprint density at radius 1 is 1.03 bits per heavy atom. The maximum absolute atomic E-state index is 9.50. The molecule has 7 heteroatoms. The summed E-state index contributed by atoms with van der Waals surface area (Å²) in [6, 6.07) is 17.5. The lowest BCUT2D eigenvalue weighted by molar-refractivity contribution is 0.181. The van der Waals surface area contributed by atoms with E-state index in [1.165, 1.54) is 5.56 Å². The van der Waals surface area contributed by atoms with E-state index in [-0.39, 0.29) is 5.41 Å². The number of rotatable bonds is 5. The highest BCUT2D eigenvalue weighted by Crippen LogP contribution is 2.29. The van der Waals surface area contributed by atoms with Crippen molar-refractivity contribution in [3.05, 3.63) is 72.1 Å². The third-order valence-electron chi connectivity index (χ3n) is 5.15. The van der Waals surface area contributed by atoms with Crippen LogP contribution in [0, 0.1) is 0 Å². The smallest absolute Gasteiger partial charge is 0.208 e. The van der Waals surface area contributed by atoms with E-state index in [0.717, 1.165) is 22.7 Å². The topological polar surface area (TPSA) is 98.2 Å². The maximum atomic E-state index is 9.50. The number of aliphatic hydroxyl groups excluding tert-OH is 1. The van der Waals surface area contributed by atoms with Gasteiger partial charge in [-0.1, -0.05) is 32.9 Å². The van der Waals surface area contributed by atoms with Gasteiger partial charge in [-0.15, -0.1) is 0 Å². The Kier molecular flexibility index (Phi) is 5.39. The van der Waals surface area contributed by atoms with Gasteiger partial charge < -0.3 is 25.5 Å². The number of nitrogens with one attached hydrogen (secondary N) is 1. The van der Waals surface area contributed by atoms with E-state index in [4.69, 9.17) is 15.5 Å². The molecule has 2 aromatic heterocycles. The lowest BCUT2D eigenvalue weighted by atomic mass is 9.87. The second-order valence-corrected chi connectivity index (χ2v) is 8.56. The summed E-state index contributed by atoms with van der Waals surface area (Å²) in [4.78, 5) is 8.75. The molecule has 0 saturated heterocycles. The summed E-state index contributed by atoms with van der Waals surface area (Å²) in [5.74, 6) is 1.92. The van der Waals surface area contributed by atoms with Gasteiger partial charge in [0, 0.05) is 31.1 Å². The van der Waals surface area contributed by atoms with Crippen LogP contribution in [0.25, 0.3) is 11.0 Å². The summed E-state index contributed by atoms with van der Waals surface area (Å²) in [7, 11) is 1.97. The summed E-state index contributed by atoms with van der Waals surface area (Å²) in [6.07, 6.45) is 0.403. The van der Waals surface area contributed by atoms with E-state index in [9.17, 15) is 5.11 Å². The molecule has 2 heterocycles. The highest BCUT2D eigenvalue weighted by atomic mass is 16.5. The van der Waals surface area contributed by atoms with E-state index in [1.54, 1.807) is 18.3 Å². The molecule has 0 amide bonds. The molecule has 0 aliphatic heterocycles. The van der Waals surface area contributed by atoms with Gasteiger partial charge in [-0.05, 0) is 41.3 Å². The number of aryl methyl sites for hydroxylation is 1. The van der Waals surface area contributed by atoms with Crippen LogP contribution in [0.3, 0.4) is 0 Å². The van der Waals surface area contributed by atoms with Crippen molar-refractivity contribution in [3.8, 4) is 11.5 Å². The molecule has 0 aliphatic rings. The lowest BCUT2D eigenvalue weighted by Crippen LogP contribution is -2.10. The first-order valence-corrected chi connectivity index (χ1v) is 10.1. The first-order valence-electron chi connectivity index (χ1n) is 10.1. The lowest BCUT2D eigenvalue weighted by Gasteiger charge is -2.19. The molecule has 4 aromatic rings. The Hall–Kier alpha value is -3.42. The van der Waals surface area contributed by atoms with Gasteiger partial charge in [-0.3, -0.25) is 4.98 Å². The average Bonchev–Trinajstić information content (AvgIpc) is 3.02. The third-order valence-corrected chi connectivity index (χ3v) is 5.15. The number of fused-ring (bicyclic) bond motifs is 1. The number of aliphatic hydroxyl groups is 1. The molecule has 0 radical (unpaired) electrons. The van der Waals surface area contributed by atoms with Crippen LogP contribution in [-0.2, 0) is 12.5 Å². The third kappa shape index (κ3) is 4.52. The fourth-order valence-corrected chi connectivity index (χ4v) is 3.33. The fourth-order valence-electron chi connectivity index (χ4n) is 3.33. The van der Waals surface area contributed by atoms with E-state index in [1.807, 2.05) is 29.8 Å². The van der Waals surface area contributed by atoms with Crippen molar-refractivity contribution in [2.75, 3.05) is 5.32 Å². The Labute approximate surface area is 181 Å². The van der Waals surface area contributed by atoms with Crippen LogP contribution in [0.15, 0.2) is 60.8 Å². The Balaban J connectivity index is 1.57. The van der Waals surface area contributed by atoms with E-state index in [2.05, 4.69) is 55.3 Å². The van der Waals surface area contributed by atoms with Crippen LogP contribution in [0.5, 0.6) is 11.5 Å². The predicted octanol–water partition coefficient (Wildman–Crippen LogP) is 4.75. The summed E-state index contributed by atoms with van der Waals surface area (Å²) in [5.41, 5.74) is 9.99.